The van der Waals surface area contributed by atoms with Crippen molar-refractivity contribution >= 4 is 5.91 Å². The molecule has 0 spiro atoms. The van der Waals surface area contributed by atoms with Gasteiger partial charge in [0.2, 0.25) is 5.91 Å². The number of nitrogens with one attached hydrogen (secondary N) is 1. The first kappa shape index (κ1) is 6.33. The van der Waals surface area contributed by atoms with Crippen LogP contribution in [0.15, 0.2) is 12.7 Å². The summed E-state index contributed by atoms with van der Waals surface area (Å²) >= 11 is 0. The number of carbonyl (C=O) groups is 1. The van der Waals surface area contributed by atoms with Gasteiger partial charge in [0, 0.05) is 6.04 Å². The maximum Gasteiger partial charge on any atom is 0.243 e. The van der Waals surface area contributed by atoms with E-state index >= 15 is 0 Å². The zero-order valence-corrected chi connectivity index (χ0v) is 5.39. The van der Waals surface area contributed by atoms with E-state index in [9.17, 15) is 4.79 Å². The minimum absolute atomic E-state index is 0.0419. The van der Waals surface area contributed by atoms with Crippen molar-refractivity contribution in [1.29, 1.82) is 0 Å². The molecular formula is C7H11NO. The molecule has 50 valence electrons. The second-order valence-corrected chi connectivity index (χ2v) is 2.34. The van der Waals surface area contributed by atoms with E-state index in [-0.39, 0.29) is 5.91 Å². The lowest BCUT2D eigenvalue weighted by Crippen LogP contribution is -2.38. The molecule has 0 unspecified atom stereocenters. The summed E-state index contributed by atoms with van der Waals surface area (Å²) in [5.74, 6) is -0.0419. The summed E-state index contributed by atoms with van der Waals surface area (Å²) in [5.41, 5.74) is 0. The standard InChI is InChI=1S/C7H11NO/c1-2-7(9)8-6-4-3-5-6/h2,6H,1,3-5H2,(H,8,9). The Balaban J connectivity index is 2.16. The minimum atomic E-state index is -0.0419. The van der Waals surface area contributed by atoms with E-state index in [0.29, 0.717) is 6.04 Å². The highest BCUT2D eigenvalue weighted by molar-refractivity contribution is 5.87. The number of hydrogen-bond donors (Lipinski definition) is 1. The SMILES string of the molecule is C=CC(=O)NC1CCC1. The lowest BCUT2D eigenvalue weighted by molar-refractivity contribution is -0.117. The second-order valence-electron chi connectivity index (χ2n) is 2.34. The Morgan fingerprint density at radius 1 is 1.67 bits per heavy atom. The molecule has 1 aliphatic rings. The van der Waals surface area contributed by atoms with Crippen molar-refractivity contribution in [3.63, 3.8) is 0 Å². The Morgan fingerprint density at radius 2 is 2.33 bits per heavy atom. The fourth-order valence-electron chi connectivity index (χ4n) is 0.813. The first-order valence-corrected chi connectivity index (χ1v) is 3.26. The van der Waals surface area contributed by atoms with Crippen molar-refractivity contribution in [1.82, 2.24) is 5.32 Å². The molecule has 2 heteroatoms. The summed E-state index contributed by atoms with van der Waals surface area (Å²) in [6.45, 7) is 3.36. The largest absolute Gasteiger partial charge is 0.350 e. The van der Waals surface area contributed by atoms with Crippen LogP contribution in [0.3, 0.4) is 0 Å². The molecule has 0 aromatic rings. The Bertz CT molecular complexity index is 127. The highest BCUT2D eigenvalue weighted by Crippen LogP contribution is 2.17. The molecule has 0 heterocycles. The topological polar surface area (TPSA) is 29.1 Å². The maximum absolute atomic E-state index is 10.6. The van der Waals surface area contributed by atoms with Crippen molar-refractivity contribution in [3.05, 3.63) is 12.7 Å². The molecular weight excluding hydrogens is 114 g/mol. The van der Waals surface area contributed by atoms with Gasteiger partial charge in [0.15, 0.2) is 0 Å². The van der Waals surface area contributed by atoms with E-state index < -0.39 is 0 Å². The van der Waals surface area contributed by atoms with Gasteiger partial charge in [-0.3, -0.25) is 4.79 Å². The molecule has 1 rings (SSSR count). The fraction of sp³-hybridized carbons (Fsp3) is 0.571. The zero-order chi connectivity index (χ0) is 6.69. The summed E-state index contributed by atoms with van der Waals surface area (Å²) in [6, 6.07) is 0.440. The van der Waals surface area contributed by atoms with Crippen molar-refractivity contribution in [3.8, 4) is 0 Å². The molecule has 0 aromatic heterocycles. The molecule has 0 bridgehead atoms. The van der Waals surface area contributed by atoms with Crippen molar-refractivity contribution < 1.29 is 4.79 Å². The number of amides is 1. The van der Waals surface area contributed by atoms with Crippen molar-refractivity contribution in [2.75, 3.05) is 0 Å². The van der Waals surface area contributed by atoms with Gasteiger partial charge in [-0.05, 0) is 25.3 Å². The smallest absolute Gasteiger partial charge is 0.243 e. The van der Waals surface area contributed by atoms with E-state index in [0.717, 1.165) is 12.8 Å². The summed E-state index contributed by atoms with van der Waals surface area (Å²) in [5, 5.41) is 2.81. The average molecular weight is 125 g/mol. The first-order chi connectivity index (χ1) is 4.33. The van der Waals surface area contributed by atoms with Gasteiger partial charge in [-0.25, -0.2) is 0 Å². The third-order valence-electron chi connectivity index (χ3n) is 1.64. The average Bonchev–Trinajstić information content (AvgIpc) is 1.78. The zero-order valence-electron chi connectivity index (χ0n) is 5.39. The van der Waals surface area contributed by atoms with Gasteiger partial charge in [0.05, 0.1) is 0 Å². The third kappa shape index (κ3) is 1.56. The van der Waals surface area contributed by atoms with E-state index in [2.05, 4.69) is 11.9 Å². The molecule has 0 atom stereocenters. The first-order valence-electron chi connectivity index (χ1n) is 3.26. The molecule has 1 N–H and O–H groups in total. The molecule has 0 radical (unpaired) electrons. The highest BCUT2D eigenvalue weighted by Gasteiger charge is 2.17. The van der Waals surface area contributed by atoms with Gasteiger partial charge >= 0.3 is 0 Å². The van der Waals surface area contributed by atoms with E-state index in [1.54, 1.807) is 0 Å². The van der Waals surface area contributed by atoms with Gasteiger partial charge in [-0.1, -0.05) is 6.58 Å². The van der Waals surface area contributed by atoms with Crippen LogP contribution in [0, 0.1) is 0 Å². The second kappa shape index (κ2) is 2.67. The van der Waals surface area contributed by atoms with Crippen LogP contribution in [0.5, 0.6) is 0 Å². The minimum Gasteiger partial charge on any atom is -0.350 e. The van der Waals surface area contributed by atoms with Crippen LogP contribution < -0.4 is 5.32 Å². The predicted molar refractivity (Wildman–Crippen MR) is 36.0 cm³/mol. The fourth-order valence-corrected chi connectivity index (χ4v) is 0.813. The van der Waals surface area contributed by atoms with Crippen LogP contribution in [0.1, 0.15) is 19.3 Å². The highest BCUT2D eigenvalue weighted by atomic mass is 16.1. The lowest BCUT2D eigenvalue weighted by atomic mass is 9.93. The summed E-state index contributed by atoms with van der Waals surface area (Å²) in [6.07, 6.45) is 4.85. The number of hydrogen-bond acceptors (Lipinski definition) is 1. The monoisotopic (exact) mass is 125 g/mol. The normalized spacial score (nSPS) is 18.2. The molecule has 1 aliphatic carbocycles. The number of rotatable bonds is 2. The Labute approximate surface area is 54.9 Å². The van der Waals surface area contributed by atoms with Crippen LogP contribution >= 0.6 is 0 Å². The van der Waals surface area contributed by atoms with E-state index in [4.69, 9.17) is 0 Å². The predicted octanol–water partition coefficient (Wildman–Crippen LogP) is 0.841. The third-order valence-corrected chi connectivity index (χ3v) is 1.64. The van der Waals surface area contributed by atoms with E-state index in [1.165, 1.54) is 12.5 Å². The van der Waals surface area contributed by atoms with E-state index in [1.807, 2.05) is 0 Å². The lowest BCUT2D eigenvalue weighted by Gasteiger charge is -2.25. The summed E-state index contributed by atoms with van der Waals surface area (Å²) in [4.78, 5) is 10.6. The Kier molecular flexibility index (Phi) is 1.88. The molecule has 0 saturated heterocycles. The van der Waals surface area contributed by atoms with Crippen LogP contribution in [0.25, 0.3) is 0 Å². The van der Waals surface area contributed by atoms with Gasteiger partial charge in [0.25, 0.3) is 0 Å². The van der Waals surface area contributed by atoms with Crippen LogP contribution in [-0.2, 0) is 4.79 Å². The molecule has 1 fully saturated rings. The molecule has 1 amide bonds. The van der Waals surface area contributed by atoms with Crippen LogP contribution in [0.4, 0.5) is 0 Å². The molecule has 2 nitrogen and oxygen atoms in total. The summed E-state index contributed by atoms with van der Waals surface area (Å²) < 4.78 is 0. The molecule has 0 aromatic carbocycles. The maximum atomic E-state index is 10.6. The van der Waals surface area contributed by atoms with Crippen molar-refractivity contribution in [2.45, 2.75) is 25.3 Å². The number of carbonyl (C=O) groups excluding carboxylic acids is 1. The molecule has 0 aliphatic heterocycles. The van der Waals surface area contributed by atoms with Crippen LogP contribution in [-0.4, -0.2) is 11.9 Å². The Hall–Kier alpha value is -0.790. The molecule has 1 saturated carbocycles. The van der Waals surface area contributed by atoms with Gasteiger partial charge < -0.3 is 5.32 Å². The van der Waals surface area contributed by atoms with Crippen molar-refractivity contribution in [2.24, 2.45) is 0 Å². The van der Waals surface area contributed by atoms with Gasteiger partial charge in [0.1, 0.15) is 0 Å². The molecule has 9 heavy (non-hydrogen) atoms. The van der Waals surface area contributed by atoms with Gasteiger partial charge in [-0.15, -0.1) is 0 Å². The van der Waals surface area contributed by atoms with Gasteiger partial charge in [-0.2, -0.15) is 0 Å². The summed E-state index contributed by atoms with van der Waals surface area (Å²) in [7, 11) is 0. The quantitative estimate of drug-likeness (QED) is 0.544. The van der Waals surface area contributed by atoms with Crippen LogP contribution in [0.2, 0.25) is 0 Å². The Morgan fingerprint density at radius 3 is 2.67 bits per heavy atom.